The average molecular weight is 386 g/mol. The van der Waals surface area contributed by atoms with Crippen molar-refractivity contribution in [2.24, 2.45) is 0 Å². The van der Waals surface area contributed by atoms with E-state index in [2.05, 4.69) is 15.6 Å². The Hall–Kier alpha value is -3.71. The normalized spacial score (nSPS) is 19.6. The van der Waals surface area contributed by atoms with Crippen molar-refractivity contribution in [3.8, 4) is 0 Å². The van der Waals surface area contributed by atoms with Gasteiger partial charge in [0.25, 0.3) is 5.91 Å². The Morgan fingerprint density at radius 2 is 1.83 bits per heavy atom. The molecule has 0 bridgehead atoms. The number of aromatic nitrogens is 1. The van der Waals surface area contributed by atoms with Crippen LogP contribution in [0.2, 0.25) is 0 Å². The lowest BCUT2D eigenvalue weighted by molar-refractivity contribution is 0.0355. The molecule has 0 saturated carbocycles. The Morgan fingerprint density at radius 3 is 2.62 bits per heavy atom. The monoisotopic (exact) mass is 386 g/mol. The summed E-state index contributed by atoms with van der Waals surface area (Å²) in [6.45, 7) is 0.411. The van der Waals surface area contributed by atoms with E-state index in [1.807, 2.05) is 30.3 Å². The maximum atomic E-state index is 13.1. The van der Waals surface area contributed by atoms with E-state index < -0.39 is 12.3 Å². The summed E-state index contributed by atoms with van der Waals surface area (Å²) >= 11 is 0. The number of ether oxygens (including phenoxy) is 1. The van der Waals surface area contributed by atoms with Gasteiger partial charge in [0, 0.05) is 17.3 Å². The maximum Gasteiger partial charge on any atom is 0.324 e. The lowest BCUT2D eigenvalue weighted by Crippen LogP contribution is -2.27. The van der Waals surface area contributed by atoms with Crippen LogP contribution >= 0.6 is 0 Å². The maximum absolute atomic E-state index is 13.1. The van der Waals surface area contributed by atoms with Gasteiger partial charge in [-0.25, -0.2) is 9.78 Å². The third-order valence-corrected chi connectivity index (χ3v) is 5.16. The molecule has 7 nitrogen and oxygen atoms in total. The first-order valence-corrected chi connectivity index (χ1v) is 9.33. The average Bonchev–Trinajstić information content (AvgIpc) is 3.30. The second-order valence-electron chi connectivity index (χ2n) is 6.89. The molecule has 2 aromatic carbocycles. The highest BCUT2D eigenvalue weighted by Crippen LogP contribution is 2.48. The molecule has 1 saturated heterocycles. The second-order valence-corrected chi connectivity index (χ2v) is 6.89. The van der Waals surface area contributed by atoms with E-state index in [0.717, 1.165) is 5.56 Å². The van der Waals surface area contributed by atoms with Gasteiger partial charge in [0.2, 0.25) is 0 Å². The van der Waals surface area contributed by atoms with Gasteiger partial charge in [-0.2, -0.15) is 0 Å². The molecule has 29 heavy (non-hydrogen) atoms. The van der Waals surface area contributed by atoms with Gasteiger partial charge in [-0.15, -0.1) is 0 Å². The minimum atomic E-state index is -0.519. The first-order chi connectivity index (χ1) is 14.2. The number of nitrogens with one attached hydrogen (secondary N) is 2. The topological polar surface area (TPSA) is 83.6 Å². The number of nitrogens with zero attached hydrogens (tertiary/aromatic N) is 2. The first-order valence-electron chi connectivity index (χ1n) is 9.33. The molecule has 3 amide bonds. The van der Waals surface area contributed by atoms with Crippen LogP contribution in [0.15, 0.2) is 72.9 Å². The standard InChI is InChI=1S/C22H18N4O3/c27-20-15-9-6-10-16(24-22(28)25-18-11-4-5-12-23-18)19(15)21-26(20)17(13-29-21)14-7-2-1-3-8-14/h1-12,17,21H,13H2,(H2,23,24,25,28)/t17-,21?/m1/s1. The van der Waals surface area contributed by atoms with Gasteiger partial charge in [-0.1, -0.05) is 42.5 Å². The molecule has 0 spiro atoms. The summed E-state index contributed by atoms with van der Waals surface area (Å²) in [6, 6.07) is 19.8. The van der Waals surface area contributed by atoms with Crippen LogP contribution in [0.4, 0.5) is 16.3 Å². The van der Waals surface area contributed by atoms with Gasteiger partial charge in [0.05, 0.1) is 18.3 Å². The zero-order chi connectivity index (χ0) is 19.8. The third kappa shape index (κ3) is 3.01. The molecule has 2 aliphatic rings. The lowest BCUT2D eigenvalue weighted by atomic mass is 10.1. The molecule has 0 radical (unpaired) electrons. The summed E-state index contributed by atoms with van der Waals surface area (Å²) in [5.41, 5.74) is 2.81. The Balaban J connectivity index is 1.42. The van der Waals surface area contributed by atoms with Crippen molar-refractivity contribution in [1.29, 1.82) is 0 Å². The molecule has 7 heteroatoms. The molecule has 1 aromatic heterocycles. The predicted molar refractivity (Wildman–Crippen MR) is 107 cm³/mol. The lowest BCUT2D eigenvalue weighted by Gasteiger charge is -2.22. The van der Waals surface area contributed by atoms with Crippen LogP contribution in [0, 0.1) is 0 Å². The van der Waals surface area contributed by atoms with Gasteiger partial charge < -0.3 is 10.1 Å². The van der Waals surface area contributed by atoms with Crippen molar-refractivity contribution in [2.75, 3.05) is 17.2 Å². The van der Waals surface area contributed by atoms with Gasteiger partial charge in [-0.3, -0.25) is 15.0 Å². The van der Waals surface area contributed by atoms with Crippen LogP contribution in [0.1, 0.15) is 33.8 Å². The number of fused-ring (bicyclic) bond motifs is 3. The van der Waals surface area contributed by atoms with Gasteiger partial charge in [-0.05, 0) is 29.8 Å². The number of amides is 3. The smallest absolute Gasteiger partial charge is 0.324 e. The Morgan fingerprint density at radius 1 is 1.00 bits per heavy atom. The van der Waals surface area contributed by atoms with Crippen LogP contribution in [-0.4, -0.2) is 28.4 Å². The van der Waals surface area contributed by atoms with E-state index in [4.69, 9.17) is 4.74 Å². The number of pyridine rings is 1. The molecule has 3 heterocycles. The summed E-state index contributed by atoms with van der Waals surface area (Å²) in [4.78, 5) is 31.4. The van der Waals surface area contributed by atoms with Gasteiger partial charge >= 0.3 is 6.03 Å². The van der Waals surface area contributed by atoms with Crippen LogP contribution in [0.3, 0.4) is 0 Å². The van der Waals surface area contributed by atoms with Crippen LogP contribution in [0.5, 0.6) is 0 Å². The molecule has 2 aliphatic heterocycles. The molecular formula is C22H18N4O3. The number of hydrogen-bond donors (Lipinski definition) is 2. The van der Waals surface area contributed by atoms with E-state index in [-0.39, 0.29) is 11.9 Å². The van der Waals surface area contributed by atoms with E-state index >= 15 is 0 Å². The Bertz CT molecular complexity index is 1070. The number of benzene rings is 2. The number of anilines is 2. The molecule has 1 unspecified atom stereocenters. The minimum absolute atomic E-state index is 0.0925. The van der Waals surface area contributed by atoms with Crippen molar-refractivity contribution in [2.45, 2.75) is 12.3 Å². The molecule has 5 rings (SSSR count). The number of carbonyl (C=O) groups excluding carboxylic acids is 2. The quantitative estimate of drug-likeness (QED) is 0.714. The fraction of sp³-hybridized carbons (Fsp3) is 0.136. The zero-order valence-electron chi connectivity index (χ0n) is 15.4. The van der Waals surface area contributed by atoms with Crippen molar-refractivity contribution in [3.05, 3.63) is 89.6 Å². The number of carbonyl (C=O) groups is 2. The minimum Gasteiger partial charge on any atom is -0.351 e. The SMILES string of the molecule is O=C(Nc1ccccn1)Nc1cccc2c1C1OC[C@H](c3ccccc3)N1C2=O. The van der Waals surface area contributed by atoms with Crippen molar-refractivity contribution < 1.29 is 14.3 Å². The molecule has 2 atom stereocenters. The summed E-state index contributed by atoms with van der Waals surface area (Å²) in [5, 5.41) is 5.52. The second kappa shape index (κ2) is 7.03. The first kappa shape index (κ1) is 17.4. The fourth-order valence-electron chi connectivity index (χ4n) is 3.88. The summed E-state index contributed by atoms with van der Waals surface area (Å²) in [6.07, 6.45) is 1.08. The van der Waals surface area contributed by atoms with E-state index in [1.165, 1.54) is 0 Å². The Labute approximate surface area is 167 Å². The van der Waals surface area contributed by atoms with Gasteiger partial charge in [0.1, 0.15) is 5.82 Å². The fourth-order valence-corrected chi connectivity index (χ4v) is 3.88. The third-order valence-electron chi connectivity index (χ3n) is 5.16. The number of hydrogen-bond acceptors (Lipinski definition) is 4. The van der Waals surface area contributed by atoms with Crippen LogP contribution < -0.4 is 10.6 Å². The van der Waals surface area contributed by atoms with E-state index in [1.54, 1.807) is 47.5 Å². The van der Waals surface area contributed by atoms with Crippen molar-refractivity contribution in [3.63, 3.8) is 0 Å². The molecule has 3 aromatic rings. The predicted octanol–water partition coefficient (Wildman–Crippen LogP) is 3.95. The molecule has 1 fully saturated rings. The number of urea groups is 1. The highest BCUT2D eigenvalue weighted by Gasteiger charge is 2.48. The molecule has 2 N–H and O–H groups in total. The largest absolute Gasteiger partial charge is 0.351 e. The summed E-state index contributed by atoms with van der Waals surface area (Å²) in [5.74, 6) is 0.349. The van der Waals surface area contributed by atoms with E-state index in [0.29, 0.717) is 29.2 Å². The van der Waals surface area contributed by atoms with Crippen LogP contribution in [-0.2, 0) is 4.74 Å². The van der Waals surface area contributed by atoms with Crippen molar-refractivity contribution in [1.82, 2.24) is 9.88 Å². The highest BCUT2D eigenvalue weighted by atomic mass is 16.5. The van der Waals surface area contributed by atoms with Gasteiger partial charge in [0.15, 0.2) is 6.23 Å². The molecule has 144 valence electrons. The zero-order valence-corrected chi connectivity index (χ0v) is 15.4. The highest BCUT2D eigenvalue weighted by molar-refractivity contribution is 6.05. The molecule has 0 aliphatic carbocycles. The van der Waals surface area contributed by atoms with E-state index in [9.17, 15) is 9.59 Å². The van der Waals surface area contributed by atoms with Crippen LogP contribution in [0.25, 0.3) is 0 Å². The summed E-state index contributed by atoms with van der Waals surface area (Å²) < 4.78 is 6.00. The number of rotatable bonds is 3. The molecular weight excluding hydrogens is 368 g/mol. The Kier molecular flexibility index (Phi) is 4.22. The summed E-state index contributed by atoms with van der Waals surface area (Å²) in [7, 11) is 0. The van der Waals surface area contributed by atoms with Crippen molar-refractivity contribution >= 4 is 23.4 Å².